The van der Waals surface area contributed by atoms with Gasteiger partial charge in [-0.1, -0.05) is 6.07 Å². The number of H-pyrrole nitrogens is 1. The molecule has 1 atom stereocenters. The van der Waals surface area contributed by atoms with Gasteiger partial charge >= 0.3 is 0 Å². The van der Waals surface area contributed by atoms with Gasteiger partial charge in [-0.25, -0.2) is 0 Å². The summed E-state index contributed by atoms with van der Waals surface area (Å²) in [5.74, 6) is -0.414. The molecule has 1 aromatic carbocycles. The van der Waals surface area contributed by atoms with Crippen LogP contribution < -0.4 is 21.3 Å². The Bertz CT molecular complexity index is 949. The standard InChI is InChI=1S/C20H23N3O4/c1-11-6-7-13(8-12(11)2)27-10-18(24)22-16-4-3-5-17-14(16)9-15(19(21)25)20(26)23-17/h6-9,16H,3-5,10H2,1-2H3,(H2,21,25)(H,22,24)(H,23,26). The van der Waals surface area contributed by atoms with E-state index in [1.54, 1.807) is 0 Å². The van der Waals surface area contributed by atoms with Crippen molar-refractivity contribution in [1.82, 2.24) is 10.3 Å². The second-order valence-electron chi connectivity index (χ2n) is 6.86. The Morgan fingerprint density at radius 1 is 1.26 bits per heavy atom. The van der Waals surface area contributed by atoms with Gasteiger partial charge in [0.25, 0.3) is 17.4 Å². The van der Waals surface area contributed by atoms with Crippen LogP contribution in [0.1, 0.15) is 51.6 Å². The first-order valence-electron chi connectivity index (χ1n) is 8.90. The molecule has 27 heavy (non-hydrogen) atoms. The molecule has 0 saturated carbocycles. The average molecular weight is 369 g/mol. The number of amides is 2. The molecule has 0 fully saturated rings. The van der Waals surface area contributed by atoms with Gasteiger partial charge in [-0.3, -0.25) is 14.4 Å². The Hall–Kier alpha value is -3.09. The van der Waals surface area contributed by atoms with E-state index in [-0.39, 0.29) is 24.1 Å². The molecule has 142 valence electrons. The van der Waals surface area contributed by atoms with Crippen LogP contribution in [0, 0.1) is 13.8 Å². The molecule has 1 heterocycles. The zero-order valence-electron chi connectivity index (χ0n) is 15.4. The van der Waals surface area contributed by atoms with E-state index in [0.29, 0.717) is 18.6 Å². The molecular formula is C20H23N3O4. The summed E-state index contributed by atoms with van der Waals surface area (Å²) in [6.45, 7) is 3.88. The van der Waals surface area contributed by atoms with Gasteiger partial charge in [-0.05, 0) is 68.0 Å². The number of primary amides is 1. The summed E-state index contributed by atoms with van der Waals surface area (Å²) < 4.78 is 5.57. The summed E-state index contributed by atoms with van der Waals surface area (Å²) in [6.07, 6.45) is 2.23. The topological polar surface area (TPSA) is 114 Å². The van der Waals surface area contributed by atoms with E-state index in [2.05, 4.69) is 10.3 Å². The third-order valence-corrected chi connectivity index (χ3v) is 4.90. The molecule has 2 amide bonds. The van der Waals surface area contributed by atoms with Crippen LogP contribution in [-0.4, -0.2) is 23.4 Å². The lowest BCUT2D eigenvalue weighted by Gasteiger charge is -2.26. The van der Waals surface area contributed by atoms with E-state index in [9.17, 15) is 14.4 Å². The molecular weight excluding hydrogens is 346 g/mol. The smallest absolute Gasteiger partial charge is 0.261 e. The van der Waals surface area contributed by atoms with Crippen LogP contribution in [0.5, 0.6) is 5.75 Å². The number of rotatable bonds is 5. The van der Waals surface area contributed by atoms with Crippen molar-refractivity contribution in [1.29, 1.82) is 0 Å². The van der Waals surface area contributed by atoms with Crippen molar-refractivity contribution < 1.29 is 14.3 Å². The van der Waals surface area contributed by atoms with Gasteiger partial charge in [0.1, 0.15) is 11.3 Å². The summed E-state index contributed by atoms with van der Waals surface area (Å²) in [4.78, 5) is 38.4. The first-order valence-corrected chi connectivity index (χ1v) is 8.90. The molecule has 1 aliphatic carbocycles. The number of aryl methyl sites for hydroxylation is 3. The summed E-state index contributed by atoms with van der Waals surface area (Å²) in [7, 11) is 0. The lowest BCUT2D eigenvalue weighted by atomic mass is 9.90. The normalized spacial score (nSPS) is 15.7. The van der Waals surface area contributed by atoms with E-state index < -0.39 is 11.5 Å². The number of hydrogen-bond acceptors (Lipinski definition) is 4. The Morgan fingerprint density at radius 2 is 2.04 bits per heavy atom. The molecule has 7 nitrogen and oxygen atoms in total. The molecule has 1 unspecified atom stereocenters. The van der Waals surface area contributed by atoms with Crippen LogP contribution in [-0.2, 0) is 11.2 Å². The average Bonchev–Trinajstić information content (AvgIpc) is 2.62. The molecule has 7 heteroatoms. The van der Waals surface area contributed by atoms with Crippen molar-refractivity contribution in [3.05, 3.63) is 62.6 Å². The van der Waals surface area contributed by atoms with Gasteiger partial charge in [0, 0.05) is 5.69 Å². The fourth-order valence-corrected chi connectivity index (χ4v) is 3.26. The monoisotopic (exact) mass is 369 g/mol. The van der Waals surface area contributed by atoms with Crippen LogP contribution in [0.2, 0.25) is 0 Å². The van der Waals surface area contributed by atoms with Gasteiger partial charge < -0.3 is 20.8 Å². The van der Waals surface area contributed by atoms with Gasteiger partial charge in [0.05, 0.1) is 6.04 Å². The van der Waals surface area contributed by atoms with Gasteiger partial charge in [-0.15, -0.1) is 0 Å². The van der Waals surface area contributed by atoms with Crippen LogP contribution >= 0.6 is 0 Å². The molecule has 0 saturated heterocycles. The number of benzene rings is 1. The fraction of sp³-hybridized carbons (Fsp3) is 0.350. The van der Waals surface area contributed by atoms with Crippen LogP contribution in [0.3, 0.4) is 0 Å². The number of nitrogens with two attached hydrogens (primary N) is 1. The third kappa shape index (κ3) is 4.19. The highest BCUT2D eigenvalue weighted by Crippen LogP contribution is 2.28. The quantitative estimate of drug-likeness (QED) is 0.743. The van der Waals surface area contributed by atoms with Crippen molar-refractivity contribution in [2.24, 2.45) is 5.73 Å². The highest BCUT2D eigenvalue weighted by Gasteiger charge is 2.25. The number of aromatic amines is 1. The highest BCUT2D eigenvalue weighted by atomic mass is 16.5. The number of ether oxygens (including phenoxy) is 1. The number of fused-ring (bicyclic) bond motifs is 1. The predicted octanol–water partition coefficient (Wildman–Crippen LogP) is 1.66. The fourth-order valence-electron chi connectivity index (χ4n) is 3.26. The second kappa shape index (κ2) is 7.65. The molecule has 2 aromatic rings. The van der Waals surface area contributed by atoms with E-state index in [4.69, 9.17) is 10.5 Å². The number of carbonyl (C=O) groups excluding carboxylic acids is 2. The minimum atomic E-state index is -0.784. The number of nitrogens with one attached hydrogen (secondary N) is 2. The molecule has 1 aromatic heterocycles. The zero-order valence-corrected chi connectivity index (χ0v) is 15.4. The second-order valence-corrected chi connectivity index (χ2v) is 6.86. The highest BCUT2D eigenvalue weighted by molar-refractivity contribution is 5.92. The maximum Gasteiger partial charge on any atom is 0.261 e. The van der Waals surface area contributed by atoms with E-state index in [0.717, 1.165) is 28.8 Å². The summed E-state index contributed by atoms with van der Waals surface area (Å²) in [5, 5.41) is 2.92. The van der Waals surface area contributed by atoms with Crippen molar-refractivity contribution in [2.45, 2.75) is 39.2 Å². The number of carbonyl (C=O) groups is 2. The van der Waals surface area contributed by atoms with Gasteiger partial charge in [-0.2, -0.15) is 0 Å². The Kier molecular flexibility index (Phi) is 5.30. The predicted molar refractivity (Wildman–Crippen MR) is 101 cm³/mol. The van der Waals surface area contributed by atoms with Crippen molar-refractivity contribution in [3.63, 3.8) is 0 Å². The zero-order chi connectivity index (χ0) is 19.6. The molecule has 0 bridgehead atoms. The van der Waals surface area contributed by atoms with Crippen molar-refractivity contribution in [3.8, 4) is 5.75 Å². The first-order chi connectivity index (χ1) is 12.8. The maximum absolute atomic E-state index is 12.3. The number of hydrogen-bond donors (Lipinski definition) is 3. The van der Waals surface area contributed by atoms with Crippen molar-refractivity contribution >= 4 is 11.8 Å². The van der Waals surface area contributed by atoms with E-state index >= 15 is 0 Å². The lowest BCUT2D eigenvalue weighted by Crippen LogP contribution is -2.36. The minimum absolute atomic E-state index is 0.0960. The third-order valence-electron chi connectivity index (χ3n) is 4.90. The van der Waals surface area contributed by atoms with E-state index in [1.807, 2.05) is 32.0 Å². The lowest BCUT2D eigenvalue weighted by molar-refractivity contribution is -0.124. The maximum atomic E-state index is 12.3. The summed E-state index contributed by atoms with van der Waals surface area (Å²) >= 11 is 0. The largest absolute Gasteiger partial charge is 0.484 e. The summed E-state index contributed by atoms with van der Waals surface area (Å²) in [6, 6.07) is 6.86. The molecule has 0 radical (unpaired) electrons. The van der Waals surface area contributed by atoms with Crippen LogP contribution in [0.15, 0.2) is 29.1 Å². The summed E-state index contributed by atoms with van der Waals surface area (Å²) in [5.41, 5.74) is 8.39. The van der Waals surface area contributed by atoms with E-state index in [1.165, 1.54) is 6.07 Å². The number of pyridine rings is 1. The first kappa shape index (κ1) is 18.7. The Balaban J connectivity index is 1.70. The molecule has 3 rings (SSSR count). The minimum Gasteiger partial charge on any atom is -0.484 e. The Morgan fingerprint density at radius 3 is 2.74 bits per heavy atom. The van der Waals surface area contributed by atoms with Gasteiger partial charge in [0.15, 0.2) is 6.61 Å². The molecule has 1 aliphatic rings. The molecule has 0 aliphatic heterocycles. The number of aromatic nitrogens is 1. The Labute approximate surface area is 156 Å². The molecule has 0 spiro atoms. The van der Waals surface area contributed by atoms with Crippen LogP contribution in [0.25, 0.3) is 0 Å². The van der Waals surface area contributed by atoms with Crippen LogP contribution in [0.4, 0.5) is 0 Å². The SMILES string of the molecule is Cc1ccc(OCC(=O)NC2CCCc3[nH]c(=O)c(C(N)=O)cc32)cc1C. The van der Waals surface area contributed by atoms with Crippen molar-refractivity contribution in [2.75, 3.05) is 6.61 Å². The van der Waals surface area contributed by atoms with Gasteiger partial charge in [0.2, 0.25) is 0 Å². The molecule has 4 N–H and O–H groups in total.